The Balaban J connectivity index is 2.12. The molecule has 0 saturated carbocycles. The van der Waals surface area contributed by atoms with E-state index < -0.39 is 0 Å². The van der Waals surface area contributed by atoms with Gasteiger partial charge in [0.05, 0.1) is 12.4 Å². The molecule has 1 atom stereocenters. The van der Waals surface area contributed by atoms with Gasteiger partial charge in [0.1, 0.15) is 5.65 Å². The van der Waals surface area contributed by atoms with Gasteiger partial charge in [0.2, 0.25) is 0 Å². The summed E-state index contributed by atoms with van der Waals surface area (Å²) < 4.78 is 15.0. The van der Waals surface area contributed by atoms with Crippen molar-refractivity contribution in [2.24, 2.45) is 0 Å². The molecule has 0 fully saturated rings. The van der Waals surface area contributed by atoms with Gasteiger partial charge in [0.25, 0.3) is 0 Å². The molecule has 2 rings (SSSR count). The highest BCUT2D eigenvalue weighted by molar-refractivity contribution is 9.10. The quantitative estimate of drug-likeness (QED) is 0.860. The van der Waals surface area contributed by atoms with Crippen LogP contribution in [0.2, 0.25) is 0 Å². The van der Waals surface area contributed by atoms with Crippen LogP contribution in [0.1, 0.15) is 25.1 Å². The Kier molecular flexibility index (Phi) is 4.12. The van der Waals surface area contributed by atoms with E-state index in [0.717, 1.165) is 15.8 Å². The number of aromatic nitrogens is 2. The second-order valence-electron chi connectivity index (χ2n) is 3.99. The number of alkyl halides is 1. The van der Waals surface area contributed by atoms with E-state index >= 15 is 0 Å². The predicted molar refractivity (Wildman–Crippen MR) is 69.9 cm³/mol. The van der Waals surface area contributed by atoms with Crippen molar-refractivity contribution in [2.75, 3.05) is 13.2 Å². The summed E-state index contributed by atoms with van der Waals surface area (Å²) in [5.41, 5.74) is 1.88. The summed E-state index contributed by atoms with van der Waals surface area (Å²) in [6.07, 6.45) is 4.50. The van der Waals surface area contributed by atoms with Gasteiger partial charge in [-0.2, -0.15) is 0 Å². The number of nitrogens with one attached hydrogen (secondary N) is 1. The summed E-state index contributed by atoms with van der Waals surface area (Å²) in [4.78, 5) is 4.53. The molecule has 0 amide bonds. The number of pyridine rings is 1. The molecular formula is C12H15BrFN3. The number of imidazole rings is 1. The molecule has 2 aromatic heterocycles. The molecule has 0 spiro atoms. The fourth-order valence-corrected chi connectivity index (χ4v) is 2.00. The van der Waals surface area contributed by atoms with Crippen LogP contribution in [0.5, 0.6) is 0 Å². The van der Waals surface area contributed by atoms with E-state index in [1.165, 1.54) is 0 Å². The molecule has 2 aromatic rings. The average molecular weight is 300 g/mol. The summed E-state index contributed by atoms with van der Waals surface area (Å²) in [5.74, 6) is 0. The minimum atomic E-state index is -0.280. The van der Waals surface area contributed by atoms with Crippen molar-refractivity contribution in [1.29, 1.82) is 0 Å². The second kappa shape index (κ2) is 5.60. The van der Waals surface area contributed by atoms with E-state index in [0.29, 0.717) is 13.0 Å². The second-order valence-corrected chi connectivity index (χ2v) is 4.91. The van der Waals surface area contributed by atoms with Crippen LogP contribution in [-0.4, -0.2) is 22.6 Å². The van der Waals surface area contributed by atoms with Gasteiger partial charge in [0, 0.05) is 22.9 Å². The summed E-state index contributed by atoms with van der Waals surface area (Å²) >= 11 is 3.42. The summed E-state index contributed by atoms with van der Waals surface area (Å²) in [6, 6.07) is 4.08. The largest absolute Gasteiger partial charge is 0.309 e. The van der Waals surface area contributed by atoms with E-state index in [9.17, 15) is 4.39 Å². The fourth-order valence-electron chi connectivity index (χ4n) is 1.68. The van der Waals surface area contributed by atoms with Crippen LogP contribution in [0.25, 0.3) is 5.65 Å². The summed E-state index contributed by atoms with van der Waals surface area (Å²) in [5, 5.41) is 3.25. The zero-order valence-electron chi connectivity index (χ0n) is 9.66. The Bertz CT molecular complexity index is 497. The first-order chi connectivity index (χ1) is 8.20. The highest BCUT2D eigenvalue weighted by Crippen LogP contribution is 2.16. The van der Waals surface area contributed by atoms with Gasteiger partial charge in [-0.25, -0.2) is 4.98 Å². The maximum Gasteiger partial charge on any atom is 0.138 e. The highest BCUT2D eigenvalue weighted by Gasteiger charge is 2.09. The maximum atomic E-state index is 12.0. The smallest absolute Gasteiger partial charge is 0.138 e. The molecule has 1 N–H and O–H groups in total. The number of fused-ring (bicyclic) bond motifs is 1. The third-order valence-electron chi connectivity index (χ3n) is 2.65. The van der Waals surface area contributed by atoms with E-state index in [4.69, 9.17) is 0 Å². The lowest BCUT2D eigenvalue weighted by Crippen LogP contribution is -2.20. The molecule has 0 aliphatic carbocycles. The molecular weight excluding hydrogens is 285 g/mol. The van der Waals surface area contributed by atoms with E-state index in [2.05, 4.69) is 26.2 Å². The first-order valence-corrected chi connectivity index (χ1v) is 6.43. The number of rotatable bonds is 5. The minimum Gasteiger partial charge on any atom is -0.309 e. The fraction of sp³-hybridized carbons (Fsp3) is 0.417. The Hall–Kier alpha value is -0.940. The van der Waals surface area contributed by atoms with Gasteiger partial charge in [0.15, 0.2) is 0 Å². The third-order valence-corrected chi connectivity index (χ3v) is 3.14. The molecule has 0 aliphatic heterocycles. The van der Waals surface area contributed by atoms with Crippen LogP contribution < -0.4 is 5.32 Å². The van der Waals surface area contributed by atoms with Crippen molar-refractivity contribution in [3.63, 3.8) is 0 Å². The zero-order chi connectivity index (χ0) is 12.3. The molecule has 3 nitrogen and oxygen atoms in total. The third kappa shape index (κ3) is 3.04. The van der Waals surface area contributed by atoms with Gasteiger partial charge < -0.3 is 9.72 Å². The topological polar surface area (TPSA) is 29.3 Å². The molecule has 17 heavy (non-hydrogen) atoms. The van der Waals surface area contributed by atoms with Crippen LogP contribution in [0.3, 0.4) is 0 Å². The normalized spacial score (nSPS) is 13.1. The van der Waals surface area contributed by atoms with Crippen molar-refractivity contribution in [2.45, 2.75) is 19.4 Å². The van der Waals surface area contributed by atoms with Crippen LogP contribution >= 0.6 is 15.9 Å². The summed E-state index contributed by atoms with van der Waals surface area (Å²) in [7, 11) is 0. The van der Waals surface area contributed by atoms with Crippen LogP contribution in [0.15, 0.2) is 29.0 Å². The van der Waals surface area contributed by atoms with Crippen molar-refractivity contribution >= 4 is 21.6 Å². The van der Waals surface area contributed by atoms with Gasteiger partial charge in [-0.05, 0) is 32.0 Å². The van der Waals surface area contributed by atoms with Crippen molar-refractivity contribution < 1.29 is 4.39 Å². The standard InChI is InChI=1S/C12H15BrFN3/c1-9(15-5-2-4-14)11-8-17-6-3-10(13)7-12(17)16-11/h3,6-9,15H,2,4-5H2,1H3. The predicted octanol–water partition coefficient (Wildman–Crippen LogP) is 3.11. The minimum absolute atomic E-state index is 0.139. The van der Waals surface area contributed by atoms with E-state index in [-0.39, 0.29) is 12.7 Å². The molecule has 0 radical (unpaired) electrons. The van der Waals surface area contributed by atoms with Crippen molar-refractivity contribution in [3.05, 3.63) is 34.7 Å². The number of nitrogens with zero attached hydrogens (tertiary/aromatic N) is 2. The van der Waals surface area contributed by atoms with Crippen molar-refractivity contribution in [3.8, 4) is 0 Å². The lowest BCUT2D eigenvalue weighted by atomic mass is 10.2. The van der Waals surface area contributed by atoms with Gasteiger partial charge >= 0.3 is 0 Å². The van der Waals surface area contributed by atoms with Gasteiger partial charge in [-0.15, -0.1) is 0 Å². The monoisotopic (exact) mass is 299 g/mol. The molecule has 5 heteroatoms. The first kappa shape index (κ1) is 12.5. The van der Waals surface area contributed by atoms with E-state index in [1.54, 1.807) is 0 Å². The van der Waals surface area contributed by atoms with Crippen LogP contribution in [0, 0.1) is 0 Å². The molecule has 92 valence electrons. The molecule has 0 saturated heterocycles. The van der Waals surface area contributed by atoms with Crippen LogP contribution in [0.4, 0.5) is 4.39 Å². The Labute approximate surface area is 108 Å². The lowest BCUT2D eigenvalue weighted by Gasteiger charge is -2.09. The summed E-state index contributed by atoms with van der Waals surface area (Å²) in [6.45, 7) is 2.43. The molecule has 2 heterocycles. The number of hydrogen-bond donors (Lipinski definition) is 1. The SMILES string of the molecule is CC(NCCCF)c1cn2ccc(Br)cc2n1. The number of halogens is 2. The van der Waals surface area contributed by atoms with Gasteiger partial charge in [-0.1, -0.05) is 15.9 Å². The first-order valence-electron chi connectivity index (χ1n) is 5.64. The molecule has 0 aliphatic rings. The Morgan fingerprint density at radius 1 is 1.59 bits per heavy atom. The molecule has 1 unspecified atom stereocenters. The highest BCUT2D eigenvalue weighted by atomic mass is 79.9. The maximum absolute atomic E-state index is 12.0. The van der Waals surface area contributed by atoms with Crippen LogP contribution in [-0.2, 0) is 0 Å². The Morgan fingerprint density at radius 2 is 2.41 bits per heavy atom. The van der Waals surface area contributed by atoms with E-state index in [1.807, 2.05) is 35.9 Å². The zero-order valence-corrected chi connectivity index (χ0v) is 11.2. The lowest BCUT2D eigenvalue weighted by molar-refractivity contribution is 0.444. The average Bonchev–Trinajstić information content (AvgIpc) is 2.72. The number of hydrogen-bond acceptors (Lipinski definition) is 2. The Morgan fingerprint density at radius 3 is 3.18 bits per heavy atom. The molecule has 0 bridgehead atoms. The molecule has 0 aromatic carbocycles. The van der Waals surface area contributed by atoms with Gasteiger partial charge in [-0.3, -0.25) is 4.39 Å². The van der Waals surface area contributed by atoms with Crippen molar-refractivity contribution in [1.82, 2.24) is 14.7 Å².